The summed E-state index contributed by atoms with van der Waals surface area (Å²) in [6.45, 7) is 1.93. The van der Waals surface area contributed by atoms with Crippen molar-refractivity contribution < 1.29 is 13.6 Å². The van der Waals surface area contributed by atoms with Gasteiger partial charge in [0.1, 0.15) is 11.6 Å². The van der Waals surface area contributed by atoms with Gasteiger partial charge in [-0.05, 0) is 0 Å². The fourth-order valence-corrected chi connectivity index (χ4v) is 1.86. The number of carbonyl (C=O) groups is 1. The van der Waals surface area contributed by atoms with Crippen LogP contribution in [0.4, 0.5) is 8.78 Å². The zero-order valence-electron chi connectivity index (χ0n) is 8.13. The Kier molecular flexibility index (Phi) is 2.38. The Balaban J connectivity index is 2.42. The van der Waals surface area contributed by atoms with Gasteiger partial charge in [-0.1, -0.05) is 6.92 Å². The fourth-order valence-electron chi connectivity index (χ4n) is 1.86. The molecule has 0 saturated carbocycles. The molecule has 15 heavy (non-hydrogen) atoms. The highest BCUT2D eigenvalue weighted by molar-refractivity contribution is 5.82. The lowest BCUT2D eigenvalue weighted by molar-refractivity contribution is -0.122. The molecule has 3 nitrogen and oxygen atoms in total. The molecular formula is C10H10F2N2O. The number of nitrogens with one attached hydrogen (secondary N) is 1. The monoisotopic (exact) mass is 212 g/mol. The van der Waals surface area contributed by atoms with Gasteiger partial charge in [-0.15, -0.1) is 0 Å². The Hall–Kier alpha value is -1.52. The molecule has 1 aromatic heterocycles. The zero-order valence-corrected chi connectivity index (χ0v) is 8.13. The summed E-state index contributed by atoms with van der Waals surface area (Å²) in [5, 5.41) is 2.58. The number of carbonyl (C=O) groups excluding carboxylic acids is 1. The predicted octanol–water partition coefficient (Wildman–Crippen LogP) is 1.21. The predicted molar refractivity (Wildman–Crippen MR) is 49.1 cm³/mol. The Morgan fingerprint density at radius 2 is 2.00 bits per heavy atom. The van der Waals surface area contributed by atoms with Crippen LogP contribution >= 0.6 is 0 Å². The van der Waals surface area contributed by atoms with Crippen molar-refractivity contribution in [1.82, 2.24) is 10.3 Å². The van der Waals surface area contributed by atoms with Crippen molar-refractivity contribution in [3.05, 3.63) is 29.6 Å². The van der Waals surface area contributed by atoms with E-state index in [9.17, 15) is 13.6 Å². The van der Waals surface area contributed by atoms with Gasteiger partial charge in [-0.3, -0.25) is 9.78 Å². The third-order valence-corrected chi connectivity index (χ3v) is 2.77. The SMILES string of the molecule is C[C@@H]1C(=O)NC[C@H]1c1c(F)cncc1F. The van der Waals surface area contributed by atoms with Crippen molar-refractivity contribution in [2.45, 2.75) is 12.8 Å². The molecule has 1 N–H and O–H groups in total. The molecule has 2 atom stereocenters. The number of aromatic nitrogens is 1. The third-order valence-electron chi connectivity index (χ3n) is 2.77. The molecule has 5 heteroatoms. The highest BCUT2D eigenvalue weighted by Gasteiger charge is 2.35. The maximum absolute atomic E-state index is 13.4. The van der Waals surface area contributed by atoms with E-state index in [2.05, 4.69) is 10.3 Å². The average Bonchev–Trinajstić information content (AvgIpc) is 2.49. The van der Waals surface area contributed by atoms with Crippen LogP contribution in [-0.4, -0.2) is 17.4 Å². The lowest BCUT2D eigenvalue weighted by Gasteiger charge is -2.13. The Labute approximate surface area is 85.5 Å². The molecule has 0 spiro atoms. The molecule has 1 aliphatic heterocycles. The summed E-state index contributed by atoms with van der Waals surface area (Å²) >= 11 is 0. The van der Waals surface area contributed by atoms with Gasteiger partial charge in [0.05, 0.1) is 12.4 Å². The lowest BCUT2D eigenvalue weighted by atomic mass is 9.90. The van der Waals surface area contributed by atoms with Crippen molar-refractivity contribution in [2.75, 3.05) is 6.54 Å². The van der Waals surface area contributed by atoms with E-state index in [1.807, 2.05) is 0 Å². The smallest absolute Gasteiger partial charge is 0.223 e. The van der Waals surface area contributed by atoms with Gasteiger partial charge in [-0.2, -0.15) is 0 Å². The fraction of sp³-hybridized carbons (Fsp3) is 0.400. The van der Waals surface area contributed by atoms with Gasteiger partial charge in [0.2, 0.25) is 5.91 Å². The number of nitrogens with zero attached hydrogens (tertiary/aromatic N) is 1. The minimum atomic E-state index is -0.691. The maximum atomic E-state index is 13.4. The van der Waals surface area contributed by atoms with Crippen LogP contribution in [0.2, 0.25) is 0 Å². The van der Waals surface area contributed by atoms with E-state index in [0.29, 0.717) is 0 Å². The number of hydrogen-bond acceptors (Lipinski definition) is 2. The number of hydrogen-bond donors (Lipinski definition) is 1. The maximum Gasteiger partial charge on any atom is 0.223 e. The Bertz CT molecular complexity index is 388. The molecular weight excluding hydrogens is 202 g/mol. The van der Waals surface area contributed by atoms with E-state index in [-0.39, 0.29) is 18.0 Å². The van der Waals surface area contributed by atoms with E-state index < -0.39 is 23.5 Å². The quantitative estimate of drug-likeness (QED) is 0.760. The first kappa shape index (κ1) is 10.0. The normalized spacial score (nSPS) is 25.4. The van der Waals surface area contributed by atoms with E-state index >= 15 is 0 Å². The Morgan fingerprint density at radius 1 is 1.40 bits per heavy atom. The minimum Gasteiger partial charge on any atom is -0.355 e. The minimum absolute atomic E-state index is 0.0455. The molecule has 2 heterocycles. The second kappa shape index (κ2) is 3.56. The van der Waals surface area contributed by atoms with E-state index in [1.165, 1.54) is 0 Å². The van der Waals surface area contributed by atoms with Crippen molar-refractivity contribution in [3.63, 3.8) is 0 Å². The molecule has 0 radical (unpaired) electrons. The van der Waals surface area contributed by atoms with Gasteiger partial charge in [0, 0.05) is 23.9 Å². The summed E-state index contributed by atoms with van der Waals surface area (Å²) in [6, 6.07) is 0. The summed E-state index contributed by atoms with van der Waals surface area (Å²) in [6.07, 6.45) is 1.93. The van der Waals surface area contributed by atoms with Gasteiger partial charge < -0.3 is 5.32 Å². The van der Waals surface area contributed by atoms with Crippen LogP contribution < -0.4 is 5.32 Å². The van der Waals surface area contributed by atoms with Crippen molar-refractivity contribution in [1.29, 1.82) is 0 Å². The van der Waals surface area contributed by atoms with Crippen LogP contribution in [0.15, 0.2) is 12.4 Å². The van der Waals surface area contributed by atoms with Gasteiger partial charge in [-0.25, -0.2) is 8.78 Å². The van der Waals surface area contributed by atoms with Crippen molar-refractivity contribution >= 4 is 5.91 Å². The zero-order chi connectivity index (χ0) is 11.0. The van der Waals surface area contributed by atoms with Crippen molar-refractivity contribution in [3.8, 4) is 0 Å². The van der Waals surface area contributed by atoms with Crippen LogP contribution in [0.25, 0.3) is 0 Å². The Morgan fingerprint density at radius 3 is 2.47 bits per heavy atom. The van der Waals surface area contributed by atoms with Crippen LogP contribution in [0.5, 0.6) is 0 Å². The first-order chi connectivity index (χ1) is 7.11. The molecule has 1 amide bonds. The molecule has 0 unspecified atom stereocenters. The number of pyridine rings is 1. The number of halogens is 2. The van der Waals surface area contributed by atoms with Gasteiger partial charge >= 0.3 is 0 Å². The van der Waals surface area contributed by atoms with Gasteiger partial charge in [0.25, 0.3) is 0 Å². The molecule has 1 aromatic rings. The van der Waals surface area contributed by atoms with Crippen LogP contribution in [-0.2, 0) is 4.79 Å². The van der Waals surface area contributed by atoms with Gasteiger partial charge in [0.15, 0.2) is 0 Å². The third kappa shape index (κ3) is 1.58. The summed E-state index contributed by atoms with van der Waals surface area (Å²) in [4.78, 5) is 14.6. The second-order valence-corrected chi connectivity index (χ2v) is 3.66. The topological polar surface area (TPSA) is 42.0 Å². The molecule has 80 valence electrons. The lowest BCUT2D eigenvalue weighted by Crippen LogP contribution is -2.17. The summed E-state index contributed by atoms with van der Waals surface area (Å²) in [7, 11) is 0. The summed E-state index contributed by atoms with van der Waals surface area (Å²) in [5.41, 5.74) is -0.0455. The van der Waals surface area contributed by atoms with E-state index in [0.717, 1.165) is 12.4 Å². The molecule has 1 aliphatic rings. The molecule has 1 fully saturated rings. The molecule has 0 bridgehead atoms. The van der Waals surface area contributed by atoms with Crippen molar-refractivity contribution in [2.24, 2.45) is 5.92 Å². The number of rotatable bonds is 1. The standard InChI is InChI=1S/C10H10F2N2O/c1-5-6(2-14-10(5)15)9-7(11)3-13-4-8(9)12/h3-6H,2H2,1H3,(H,14,15)/t5-,6+/m0/s1. The molecule has 1 saturated heterocycles. The summed E-state index contributed by atoms with van der Waals surface area (Å²) < 4.78 is 26.7. The number of amides is 1. The van der Waals surface area contributed by atoms with Crippen LogP contribution in [0.1, 0.15) is 18.4 Å². The molecule has 0 aliphatic carbocycles. The first-order valence-corrected chi connectivity index (χ1v) is 4.68. The highest BCUT2D eigenvalue weighted by atomic mass is 19.1. The second-order valence-electron chi connectivity index (χ2n) is 3.66. The highest BCUT2D eigenvalue weighted by Crippen LogP contribution is 2.31. The molecule has 0 aromatic carbocycles. The molecule has 2 rings (SSSR count). The van der Waals surface area contributed by atoms with Crippen LogP contribution in [0, 0.1) is 17.6 Å². The summed E-state index contributed by atoms with van der Waals surface area (Å²) in [5.74, 6) is -2.40. The van der Waals surface area contributed by atoms with E-state index in [4.69, 9.17) is 0 Å². The first-order valence-electron chi connectivity index (χ1n) is 4.68. The largest absolute Gasteiger partial charge is 0.355 e. The van der Waals surface area contributed by atoms with Crippen LogP contribution in [0.3, 0.4) is 0 Å². The van der Waals surface area contributed by atoms with E-state index in [1.54, 1.807) is 6.92 Å². The average molecular weight is 212 g/mol.